The van der Waals surface area contributed by atoms with Crippen LogP contribution < -0.4 is 4.90 Å². The third-order valence-electron chi connectivity index (χ3n) is 3.91. The Morgan fingerprint density at radius 1 is 1.24 bits per heavy atom. The molecule has 2 aromatic rings. The molecule has 1 fully saturated rings. The molecule has 1 atom stereocenters. The van der Waals surface area contributed by atoms with E-state index >= 15 is 0 Å². The highest BCUT2D eigenvalue weighted by Crippen LogP contribution is 2.21. The minimum atomic E-state index is 0.504. The van der Waals surface area contributed by atoms with Gasteiger partial charge in [0.15, 0.2) is 0 Å². The topological polar surface area (TPSA) is 58.0 Å². The molecule has 2 aromatic heterocycles. The number of hydrogen-bond donors (Lipinski definition) is 0. The van der Waals surface area contributed by atoms with Crippen molar-refractivity contribution in [3.05, 3.63) is 42.4 Å². The quantitative estimate of drug-likeness (QED) is 0.843. The molecule has 0 aromatic carbocycles. The van der Waals surface area contributed by atoms with Crippen LogP contribution in [0.1, 0.15) is 17.9 Å². The predicted molar refractivity (Wildman–Crippen MR) is 80.9 cm³/mol. The summed E-state index contributed by atoms with van der Waals surface area (Å²) in [5, 5.41) is 0. The second-order valence-corrected chi connectivity index (χ2v) is 5.49. The van der Waals surface area contributed by atoms with Gasteiger partial charge in [-0.05, 0) is 26.5 Å². The van der Waals surface area contributed by atoms with Crippen LogP contribution in [0.25, 0.3) is 0 Å². The second kappa shape index (κ2) is 6.13. The Balaban J connectivity index is 1.61. The fourth-order valence-corrected chi connectivity index (χ4v) is 2.69. The van der Waals surface area contributed by atoms with Crippen LogP contribution >= 0.6 is 0 Å². The van der Waals surface area contributed by atoms with Gasteiger partial charge in [0.1, 0.15) is 18.0 Å². The van der Waals surface area contributed by atoms with Crippen LogP contribution in [0, 0.1) is 6.92 Å². The number of rotatable bonds is 4. The molecule has 0 amide bonds. The van der Waals surface area contributed by atoms with E-state index < -0.39 is 0 Å². The highest BCUT2D eigenvalue weighted by atomic mass is 15.3. The summed E-state index contributed by atoms with van der Waals surface area (Å²) in [6.07, 6.45) is 6.35. The van der Waals surface area contributed by atoms with E-state index in [-0.39, 0.29) is 0 Å². The van der Waals surface area contributed by atoms with Crippen molar-refractivity contribution in [1.29, 1.82) is 0 Å². The summed E-state index contributed by atoms with van der Waals surface area (Å²) in [7, 11) is 2.13. The minimum Gasteiger partial charge on any atom is -0.355 e. The first-order valence-corrected chi connectivity index (χ1v) is 7.22. The molecule has 0 aliphatic carbocycles. The summed E-state index contributed by atoms with van der Waals surface area (Å²) >= 11 is 0. The van der Waals surface area contributed by atoms with Crippen LogP contribution in [0.15, 0.2) is 30.9 Å². The lowest BCUT2D eigenvalue weighted by atomic mass is 10.2. The zero-order valence-corrected chi connectivity index (χ0v) is 12.5. The number of anilines is 1. The summed E-state index contributed by atoms with van der Waals surface area (Å²) in [6, 6.07) is 4.39. The molecule has 1 unspecified atom stereocenters. The molecular weight excluding hydrogens is 264 g/mol. The highest BCUT2D eigenvalue weighted by Gasteiger charge is 2.27. The van der Waals surface area contributed by atoms with Gasteiger partial charge in [-0.1, -0.05) is 0 Å². The normalized spacial score (nSPS) is 18.4. The first-order valence-electron chi connectivity index (χ1n) is 7.22. The van der Waals surface area contributed by atoms with Crippen LogP contribution in [-0.2, 0) is 6.54 Å². The molecular formula is C15H20N6. The van der Waals surface area contributed by atoms with Crippen LogP contribution in [0.5, 0.6) is 0 Å². The average Bonchev–Trinajstić information content (AvgIpc) is 2.98. The lowest BCUT2D eigenvalue weighted by Crippen LogP contribution is -2.34. The Morgan fingerprint density at radius 2 is 2.05 bits per heavy atom. The molecule has 1 aliphatic rings. The van der Waals surface area contributed by atoms with E-state index in [1.165, 1.54) is 0 Å². The molecule has 3 heterocycles. The Labute approximate surface area is 124 Å². The molecule has 0 spiro atoms. The fourth-order valence-electron chi connectivity index (χ4n) is 2.69. The number of hydrogen-bond acceptors (Lipinski definition) is 6. The van der Waals surface area contributed by atoms with E-state index in [0.717, 1.165) is 43.4 Å². The van der Waals surface area contributed by atoms with E-state index in [1.807, 2.05) is 19.1 Å². The SMILES string of the molecule is Cc1cc(N2CCC(N(C)Cc3ncccn3)C2)ncn1. The van der Waals surface area contributed by atoms with E-state index in [2.05, 4.69) is 36.8 Å². The van der Waals surface area contributed by atoms with Crippen LogP contribution in [-0.4, -0.2) is 51.0 Å². The Kier molecular flexibility index (Phi) is 4.06. The van der Waals surface area contributed by atoms with Gasteiger partial charge in [-0.15, -0.1) is 0 Å². The molecule has 110 valence electrons. The molecule has 0 saturated carbocycles. The van der Waals surface area contributed by atoms with Gasteiger partial charge in [0.25, 0.3) is 0 Å². The molecule has 21 heavy (non-hydrogen) atoms. The van der Waals surface area contributed by atoms with Crippen molar-refractivity contribution in [3.63, 3.8) is 0 Å². The molecule has 1 saturated heterocycles. The zero-order chi connectivity index (χ0) is 14.7. The molecule has 1 aliphatic heterocycles. The van der Waals surface area contributed by atoms with Crippen molar-refractivity contribution < 1.29 is 0 Å². The number of aryl methyl sites for hydroxylation is 1. The first-order chi connectivity index (χ1) is 10.2. The van der Waals surface area contributed by atoms with Crippen molar-refractivity contribution >= 4 is 5.82 Å². The van der Waals surface area contributed by atoms with E-state index in [9.17, 15) is 0 Å². The zero-order valence-electron chi connectivity index (χ0n) is 12.5. The number of likely N-dealkylation sites (N-methyl/N-ethyl adjacent to an activating group) is 1. The van der Waals surface area contributed by atoms with Gasteiger partial charge in [0, 0.05) is 43.3 Å². The molecule has 3 rings (SSSR count). The smallest absolute Gasteiger partial charge is 0.142 e. The van der Waals surface area contributed by atoms with Gasteiger partial charge in [0.2, 0.25) is 0 Å². The van der Waals surface area contributed by atoms with E-state index in [0.29, 0.717) is 6.04 Å². The Hall–Kier alpha value is -2.08. The van der Waals surface area contributed by atoms with Crippen LogP contribution in [0.3, 0.4) is 0 Å². The van der Waals surface area contributed by atoms with E-state index in [4.69, 9.17) is 0 Å². The highest BCUT2D eigenvalue weighted by molar-refractivity contribution is 5.40. The van der Waals surface area contributed by atoms with Crippen LogP contribution in [0.2, 0.25) is 0 Å². The van der Waals surface area contributed by atoms with E-state index in [1.54, 1.807) is 18.7 Å². The number of aromatic nitrogens is 4. The Bertz CT molecular complexity index is 588. The van der Waals surface area contributed by atoms with Gasteiger partial charge in [-0.3, -0.25) is 4.90 Å². The summed E-state index contributed by atoms with van der Waals surface area (Å²) in [5.41, 5.74) is 1.01. The van der Waals surface area contributed by atoms with Gasteiger partial charge in [-0.2, -0.15) is 0 Å². The maximum absolute atomic E-state index is 4.37. The second-order valence-electron chi connectivity index (χ2n) is 5.49. The summed E-state index contributed by atoms with van der Waals surface area (Å²) in [5.74, 6) is 1.89. The summed E-state index contributed by atoms with van der Waals surface area (Å²) < 4.78 is 0. The third kappa shape index (κ3) is 3.33. The van der Waals surface area contributed by atoms with Crippen molar-refractivity contribution in [2.45, 2.75) is 25.9 Å². The van der Waals surface area contributed by atoms with Crippen molar-refractivity contribution in [3.8, 4) is 0 Å². The standard InChI is InChI=1S/C15H20N6/c1-12-8-15(19-11-18-12)21-7-4-13(9-21)20(2)10-14-16-5-3-6-17-14/h3,5-6,8,11,13H,4,7,9-10H2,1-2H3. The Morgan fingerprint density at radius 3 is 2.81 bits per heavy atom. The van der Waals surface area contributed by atoms with Gasteiger partial charge < -0.3 is 4.90 Å². The third-order valence-corrected chi connectivity index (χ3v) is 3.91. The van der Waals surface area contributed by atoms with Crippen molar-refractivity contribution in [1.82, 2.24) is 24.8 Å². The maximum Gasteiger partial charge on any atom is 0.142 e. The lowest BCUT2D eigenvalue weighted by molar-refractivity contribution is 0.244. The molecule has 0 N–H and O–H groups in total. The van der Waals surface area contributed by atoms with Gasteiger partial charge in [-0.25, -0.2) is 19.9 Å². The van der Waals surface area contributed by atoms with Crippen molar-refractivity contribution in [2.75, 3.05) is 25.0 Å². The molecule has 0 bridgehead atoms. The summed E-state index contributed by atoms with van der Waals surface area (Å²) in [6.45, 7) is 4.79. The molecule has 6 nitrogen and oxygen atoms in total. The summed E-state index contributed by atoms with van der Waals surface area (Å²) in [4.78, 5) is 21.8. The van der Waals surface area contributed by atoms with Crippen LogP contribution in [0.4, 0.5) is 5.82 Å². The van der Waals surface area contributed by atoms with Crippen molar-refractivity contribution in [2.24, 2.45) is 0 Å². The minimum absolute atomic E-state index is 0.504. The maximum atomic E-state index is 4.37. The lowest BCUT2D eigenvalue weighted by Gasteiger charge is -2.24. The molecule has 6 heteroatoms. The van der Waals surface area contributed by atoms with Gasteiger partial charge >= 0.3 is 0 Å². The first kappa shape index (κ1) is 13.9. The predicted octanol–water partition coefficient (Wildman–Crippen LogP) is 1.29. The molecule has 0 radical (unpaired) electrons. The monoisotopic (exact) mass is 284 g/mol. The van der Waals surface area contributed by atoms with Gasteiger partial charge in [0.05, 0.1) is 6.54 Å². The number of nitrogens with zero attached hydrogens (tertiary/aromatic N) is 6. The largest absolute Gasteiger partial charge is 0.355 e. The average molecular weight is 284 g/mol. The fraction of sp³-hybridized carbons (Fsp3) is 0.467.